The second kappa shape index (κ2) is 13.2. The van der Waals surface area contributed by atoms with Gasteiger partial charge in [-0.3, -0.25) is 14.2 Å². The molecule has 0 saturated heterocycles. The van der Waals surface area contributed by atoms with Gasteiger partial charge in [-0.2, -0.15) is 0 Å². The Hall–Kier alpha value is -4.52. The number of anilines is 2. The largest absolute Gasteiger partial charge is 0.325 e. The van der Waals surface area contributed by atoms with E-state index in [9.17, 15) is 14.0 Å². The molecule has 4 aromatic carbocycles. The molecule has 2 heterocycles. The Balaban J connectivity index is 1.09. The van der Waals surface area contributed by atoms with Crippen LogP contribution in [0.2, 0.25) is 0 Å². The highest BCUT2D eigenvalue weighted by Gasteiger charge is 2.17. The molecule has 0 atom stereocenters. The second-order valence-electron chi connectivity index (χ2n) is 9.16. The molecule has 0 aliphatic rings. The van der Waals surface area contributed by atoms with Crippen molar-refractivity contribution < 1.29 is 14.0 Å². The predicted molar refractivity (Wildman–Crippen MR) is 172 cm³/mol. The first-order valence-corrected chi connectivity index (χ1v) is 15.9. The van der Waals surface area contributed by atoms with E-state index in [1.807, 2.05) is 77.4 Å². The molecule has 2 aromatic heterocycles. The van der Waals surface area contributed by atoms with E-state index in [2.05, 4.69) is 25.8 Å². The highest BCUT2D eigenvalue weighted by Crippen LogP contribution is 2.32. The third-order valence-corrected chi connectivity index (χ3v) is 9.23. The Morgan fingerprint density at radius 3 is 2.28 bits per heavy atom. The number of thioether (sulfide) groups is 2. The number of hydrogen-bond acceptors (Lipinski definition) is 8. The van der Waals surface area contributed by atoms with E-state index < -0.39 is 5.82 Å². The van der Waals surface area contributed by atoms with Gasteiger partial charge in [0.15, 0.2) is 15.3 Å². The minimum Gasteiger partial charge on any atom is -0.325 e. The molecule has 2 N–H and O–H groups in total. The van der Waals surface area contributed by atoms with E-state index in [1.54, 1.807) is 18.2 Å². The lowest BCUT2D eigenvalue weighted by atomic mass is 10.2. The summed E-state index contributed by atoms with van der Waals surface area (Å²) in [5, 5.41) is 14.9. The Kier molecular flexibility index (Phi) is 8.77. The molecule has 12 heteroatoms. The normalized spacial score (nSPS) is 11.0. The molecule has 6 aromatic rings. The van der Waals surface area contributed by atoms with Crippen molar-refractivity contribution in [1.29, 1.82) is 0 Å². The molecule has 2 amide bonds. The molecule has 0 radical (unpaired) electrons. The number of thiazole rings is 1. The van der Waals surface area contributed by atoms with Crippen molar-refractivity contribution in [1.82, 2.24) is 19.7 Å². The van der Waals surface area contributed by atoms with Gasteiger partial charge in [0.2, 0.25) is 11.8 Å². The summed E-state index contributed by atoms with van der Waals surface area (Å²) in [5.74, 6) is -0.0590. The Morgan fingerprint density at radius 2 is 1.49 bits per heavy atom. The van der Waals surface area contributed by atoms with Crippen LogP contribution in [0.15, 0.2) is 113 Å². The molecule has 43 heavy (non-hydrogen) atoms. The number of nitrogens with zero attached hydrogens (tertiary/aromatic N) is 4. The SMILES string of the molecule is O=C(CSc1nnc(-c2ccccc2)n1-c1ccccc1)Nc1ccc2nc(SCC(=O)Nc3ccccc3F)sc2c1. The summed E-state index contributed by atoms with van der Waals surface area (Å²) in [4.78, 5) is 29.8. The van der Waals surface area contributed by atoms with Gasteiger partial charge in [-0.15, -0.1) is 21.5 Å². The summed E-state index contributed by atoms with van der Waals surface area (Å²) >= 11 is 4.00. The number of aromatic nitrogens is 4. The fourth-order valence-electron chi connectivity index (χ4n) is 4.19. The van der Waals surface area contributed by atoms with Gasteiger partial charge < -0.3 is 10.6 Å². The summed E-state index contributed by atoms with van der Waals surface area (Å²) in [6.07, 6.45) is 0. The molecule has 0 bridgehead atoms. The average Bonchev–Trinajstić information content (AvgIpc) is 3.65. The first kappa shape index (κ1) is 28.6. The molecular formula is C31H23FN6O2S3. The number of carbonyl (C=O) groups is 2. The minimum absolute atomic E-state index is 0.0918. The van der Waals surface area contributed by atoms with Gasteiger partial charge in [-0.1, -0.05) is 84.2 Å². The fraction of sp³-hybridized carbons (Fsp3) is 0.0645. The van der Waals surface area contributed by atoms with Gasteiger partial charge in [0.1, 0.15) is 5.82 Å². The third kappa shape index (κ3) is 6.94. The smallest absolute Gasteiger partial charge is 0.234 e. The van der Waals surface area contributed by atoms with Crippen LogP contribution >= 0.6 is 34.9 Å². The number of halogens is 1. The highest BCUT2D eigenvalue weighted by atomic mass is 32.2. The van der Waals surface area contributed by atoms with Crippen LogP contribution in [0.3, 0.4) is 0 Å². The zero-order valence-electron chi connectivity index (χ0n) is 22.4. The van der Waals surface area contributed by atoms with E-state index in [0.29, 0.717) is 21.0 Å². The first-order chi connectivity index (χ1) is 21.0. The number of fused-ring (bicyclic) bond motifs is 1. The average molecular weight is 627 g/mol. The van der Waals surface area contributed by atoms with Crippen molar-refractivity contribution in [3.63, 3.8) is 0 Å². The van der Waals surface area contributed by atoms with Gasteiger partial charge in [-0.05, 0) is 42.5 Å². The van der Waals surface area contributed by atoms with Crippen molar-refractivity contribution in [2.75, 3.05) is 22.1 Å². The number of rotatable bonds is 10. The zero-order chi connectivity index (χ0) is 29.6. The monoisotopic (exact) mass is 626 g/mol. The van der Waals surface area contributed by atoms with Gasteiger partial charge in [0.25, 0.3) is 0 Å². The lowest BCUT2D eigenvalue weighted by Gasteiger charge is -2.10. The molecule has 0 saturated carbocycles. The molecular weight excluding hydrogens is 604 g/mol. The molecule has 0 fully saturated rings. The van der Waals surface area contributed by atoms with Crippen molar-refractivity contribution in [2.24, 2.45) is 0 Å². The second-order valence-corrected chi connectivity index (χ2v) is 12.4. The fourth-order valence-corrected chi connectivity index (χ4v) is 6.85. The summed E-state index contributed by atoms with van der Waals surface area (Å²) in [7, 11) is 0. The Morgan fingerprint density at radius 1 is 0.791 bits per heavy atom. The van der Waals surface area contributed by atoms with E-state index in [4.69, 9.17) is 0 Å². The van der Waals surface area contributed by atoms with Gasteiger partial charge >= 0.3 is 0 Å². The first-order valence-electron chi connectivity index (χ1n) is 13.1. The minimum atomic E-state index is -0.483. The predicted octanol–water partition coefficient (Wildman–Crippen LogP) is 7.14. The maximum Gasteiger partial charge on any atom is 0.234 e. The van der Waals surface area contributed by atoms with Crippen molar-refractivity contribution in [2.45, 2.75) is 9.50 Å². The Bertz CT molecular complexity index is 1900. The third-order valence-electron chi connectivity index (χ3n) is 6.14. The lowest BCUT2D eigenvalue weighted by molar-refractivity contribution is -0.114. The van der Waals surface area contributed by atoms with Crippen LogP contribution in [-0.2, 0) is 9.59 Å². The van der Waals surface area contributed by atoms with E-state index in [0.717, 1.165) is 21.5 Å². The maximum absolute atomic E-state index is 13.8. The number of benzene rings is 4. The zero-order valence-corrected chi connectivity index (χ0v) is 24.9. The standard InChI is InChI=1S/C31H23FN6O2S3/c32-23-13-7-8-14-24(23)34-28(40)19-42-31-35-25-16-15-21(17-26(25)43-31)33-27(39)18-41-30-37-36-29(20-9-3-1-4-10-20)38(30)22-11-5-2-6-12-22/h1-17H,18-19H2,(H,33,39)(H,34,40). The van der Waals surface area contributed by atoms with Crippen LogP contribution in [0.5, 0.6) is 0 Å². The summed E-state index contributed by atoms with van der Waals surface area (Å²) in [5.41, 5.74) is 3.39. The number of carbonyl (C=O) groups excluding carboxylic acids is 2. The number of nitrogens with one attached hydrogen (secondary N) is 2. The molecule has 8 nitrogen and oxygen atoms in total. The quantitative estimate of drug-likeness (QED) is 0.156. The van der Waals surface area contributed by atoms with Crippen LogP contribution in [-0.4, -0.2) is 43.1 Å². The van der Waals surface area contributed by atoms with Gasteiger partial charge in [0, 0.05) is 16.9 Å². The van der Waals surface area contributed by atoms with E-state index >= 15 is 0 Å². The van der Waals surface area contributed by atoms with E-state index in [1.165, 1.54) is 47.0 Å². The summed E-state index contributed by atoms with van der Waals surface area (Å²) in [6.45, 7) is 0. The van der Waals surface area contributed by atoms with Crippen LogP contribution < -0.4 is 10.6 Å². The topological polar surface area (TPSA) is 102 Å². The van der Waals surface area contributed by atoms with Crippen molar-refractivity contribution >= 4 is 68.3 Å². The molecule has 0 aliphatic carbocycles. The molecule has 214 valence electrons. The van der Waals surface area contributed by atoms with Crippen LogP contribution in [0.4, 0.5) is 15.8 Å². The van der Waals surface area contributed by atoms with Crippen LogP contribution in [0, 0.1) is 5.82 Å². The van der Waals surface area contributed by atoms with Gasteiger partial charge in [0.05, 0.1) is 27.4 Å². The van der Waals surface area contributed by atoms with Crippen LogP contribution in [0.1, 0.15) is 0 Å². The molecule has 6 rings (SSSR count). The van der Waals surface area contributed by atoms with Crippen LogP contribution in [0.25, 0.3) is 27.3 Å². The maximum atomic E-state index is 13.8. The van der Waals surface area contributed by atoms with E-state index in [-0.39, 0.29) is 29.0 Å². The molecule has 0 spiro atoms. The lowest BCUT2D eigenvalue weighted by Crippen LogP contribution is -2.14. The number of para-hydroxylation sites is 2. The molecule has 0 unspecified atom stereocenters. The molecule has 0 aliphatic heterocycles. The number of hydrogen-bond donors (Lipinski definition) is 2. The summed E-state index contributed by atoms with van der Waals surface area (Å²) in [6, 6.07) is 31.1. The van der Waals surface area contributed by atoms with Crippen molar-refractivity contribution in [3.8, 4) is 17.1 Å². The number of amides is 2. The Labute approximate surface area is 258 Å². The van der Waals surface area contributed by atoms with Crippen molar-refractivity contribution in [3.05, 3.63) is 109 Å². The summed E-state index contributed by atoms with van der Waals surface area (Å²) < 4.78 is 17.3. The van der Waals surface area contributed by atoms with Gasteiger partial charge in [-0.25, -0.2) is 9.37 Å². The highest BCUT2D eigenvalue weighted by molar-refractivity contribution is 8.01.